The fourth-order valence-electron chi connectivity index (χ4n) is 5.33. The lowest BCUT2D eigenvalue weighted by Gasteiger charge is -2.34. The molecule has 2 aromatic rings. The van der Waals surface area contributed by atoms with Crippen molar-refractivity contribution in [3.8, 4) is 11.5 Å². The molecule has 194 valence electrons. The predicted molar refractivity (Wildman–Crippen MR) is 138 cm³/mol. The highest BCUT2D eigenvalue weighted by atomic mass is 16.6. The van der Waals surface area contributed by atoms with Crippen molar-refractivity contribution in [3.05, 3.63) is 82.2 Å². The van der Waals surface area contributed by atoms with Gasteiger partial charge in [-0.3, -0.25) is 4.79 Å². The van der Waals surface area contributed by atoms with Crippen LogP contribution in [0.1, 0.15) is 56.1 Å². The highest BCUT2D eigenvalue weighted by Gasteiger charge is 2.39. The molecule has 2 aromatic carbocycles. The summed E-state index contributed by atoms with van der Waals surface area (Å²) in [5.41, 5.74) is 4.52. The predicted octanol–water partition coefficient (Wildman–Crippen LogP) is 4.96. The first-order chi connectivity index (χ1) is 18.0. The van der Waals surface area contributed by atoms with Gasteiger partial charge in [-0.25, -0.2) is 4.79 Å². The van der Waals surface area contributed by atoms with Crippen LogP contribution in [0, 0.1) is 0 Å². The van der Waals surface area contributed by atoms with E-state index < -0.39 is 11.9 Å². The molecule has 7 heteroatoms. The number of hydrogen-bond acceptors (Lipinski definition) is 7. The maximum Gasteiger partial charge on any atom is 0.336 e. The molecule has 2 aliphatic heterocycles. The number of hydrogen-bond donors (Lipinski definition) is 1. The van der Waals surface area contributed by atoms with E-state index in [4.69, 9.17) is 18.9 Å². The Labute approximate surface area is 217 Å². The molecule has 3 aliphatic rings. The van der Waals surface area contributed by atoms with Gasteiger partial charge < -0.3 is 24.3 Å². The molecule has 1 saturated heterocycles. The first-order valence-corrected chi connectivity index (χ1v) is 12.9. The topological polar surface area (TPSA) is 83.1 Å². The summed E-state index contributed by atoms with van der Waals surface area (Å²) in [4.78, 5) is 26.6. The van der Waals surface area contributed by atoms with Gasteiger partial charge in [0.2, 0.25) is 0 Å². The number of methoxy groups -OCH3 is 1. The number of dihydropyridines is 1. The van der Waals surface area contributed by atoms with Crippen LogP contribution in [0.15, 0.2) is 71.1 Å². The molecule has 0 bridgehead atoms. The molecular formula is C30H33NO6. The van der Waals surface area contributed by atoms with Gasteiger partial charge in [-0.05, 0) is 55.9 Å². The number of Topliss-reactive ketones (excluding diaryl/α,β-unsaturated/α-hetero) is 1. The summed E-state index contributed by atoms with van der Waals surface area (Å²) in [5, 5.41) is 3.34. The Morgan fingerprint density at radius 3 is 2.68 bits per heavy atom. The lowest BCUT2D eigenvalue weighted by atomic mass is 9.75. The second kappa shape index (κ2) is 11.2. The van der Waals surface area contributed by atoms with Crippen LogP contribution >= 0.6 is 0 Å². The minimum Gasteiger partial charge on any atom is -0.493 e. The molecule has 37 heavy (non-hydrogen) atoms. The van der Waals surface area contributed by atoms with E-state index >= 15 is 0 Å². The van der Waals surface area contributed by atoms with E-state index in [-0.39, 0.29) is 18.5 Å². The highest BCUT2D eigenvalue weighted by molar-refractivity contribution is 6.03. The van der Waals surface area contributed by atoms with Gasteiger partial charge in [-0.15, -0.1) is 0 Å². The van der Waals surface area contributed by atoms with Gasteiger partial charge in [0.25, 0.3) is 0 Å². The quantitative estimate of drug-likeness (QED) is 0.510. The molecule has 5 rings (SSSR count). The number of nitrogens with one attached hydrogen (secondary N) is 1. The van der Waals surface area contributed by atoms with Crippen LogP contribution < -0.4 is 14.8 Å². The zero-order valence-corrected chi connectivity index (χ0v) is 21.4. The fourth-order valence-corrected chi connectivity index (χ4v) is 5.33. The van der Waals surface area contributed by atoms with Crippen molar-refractivity contribution in [2.75, 3.05) is 20.3 Å². The largest absolute Gasteiger partial charge is 0.493 e. The van der Waals surface area contributed by atoms with Crippen LogP contribution in [0.3, 0.4) is 0 Å². The van der Waals surface area contributed by atoms with Crippen LogP contribution in [0.25, 0.3) is 0 Å². The molecule has 1 fully saturated rings. The minimum absolute atomic E-state index is 0.0547. The van der Waals surface area contributed by atoms with Crippen molar-refractivity contribution < 1.29 is 28.5 Å². The Morgan fingerprint density at radius 2 is 1.92 bits per heavy atom. The van der Waals surface area contributed by atoms with Crippen LogP contribution in [-0.2, 0) is 25.7 Å². The van der Waals surface area contributed by atoms with E-state index in [0.29, 0.717) is 48.0 Å². The molecule has 0 radical (unpaired) electrons. The lowest BCUT2D eigenvalue weighted by molar-refractivity contribution is -0.142. The lowest BCUT2D eigenvalue weighted by Crippen LogP contribution is -2.35. The standard InChI is InChI=1S/C30H33NO6/c1-19-27(30(33)37-18-22-10-7-15-35-22)28(29-23(31-19)11-6-12-24(29)32)21-13-14-25(26(16-21)34-2)36-17-20-8-4-3-5-9-20/h3-5,8-9,13-14,16,22,28,31H,6-7,10-12,15,17-18H2,1-2H3/t22-,28+/m1/s1. The van der Waals surface area contributed by atoms with E-state index in [1.54, 1.807) is 7.11 Å². The van der Waals surface area contributed by atoms with Crippen molar-refractivity contribution in [2.24, 2.45) is 0 Å². The summed E-state index contributed by atoms with van der Waals surface area (Å²) >= 11 is 0. The first kappa shape index (κ1) is 25.1. The second-order valence-corrected chi connectivity index (χ2v) is 9.68. The van der Waals surface area contributed by atoms with Crippen LogP contribution in [0.5, 0.6) is 11.5 Å². The third-order valence-electron chi connectivity index (χ3n) is 7.18. The van der Waals surface area contributed by atoms with Crippen LogP contribution in [-0.4, -0.2) is 38.2 Å². The second-order valence-electron chi connectivity index (χ2n) is 9.68. The zero-order chi connectivity index (χ0) is 25.8. The summed E-state index contributed by atoms with van der Waals surface area (Å²) < 4.78 is 23.1. The van der Waals surface area contributed by atoms with Gasteiger partial charge in [0.1, 0.15) is 13.2 Å². The van der Waals surface area contributed by atoms with Crippen molar-refractivity contribution >= 4 is 11.8 Å². The summed E-state index contributed by atoms with van der Waals surface area (Å²) in [5.74, 6) is 0.217. The van der Waals surface area contributed by atoms with E-state index in [0.717, 1.165) is 42.5 Å². The number of carbonyl (C=O) groups is 2. The summed E-state index contributed by atoms with van der Waals surface area (Å²) in [6.07, 6.45) is 3.79. The molecular weight excluding hydrogens is 470 g/mol. The van der Waals surface area contributed by atoms with E-state index in [1.165, 1.54) is 0 Å². The van der Waals surface area contributed by atoms with Crippen molar-refractivity contribution in [2.45, 2.75) is 57.7 Å². The van der Waals surface area contributed by atoms with E-state index in [2.05, 4.69) is 5.32 Å². The van der Waals surface area contributed by atoms with Gasteiger partial charge in [0.15, 0.2) is 17.3 Å². The molecule has 0 spiro atoms. The van der Waals surface area contributed by atoms with Crippen LogP contribution in [0.2, 0.25) is 0 Å². The monoisotopic (exact) mass is 503 g/mol. The normalized spacial score (nSPS) is 21.4. The van der Waals surface area contributed by atoms with Gasteiger partial charge in [-0.1, -0.05) is 36.4 Å². The van der Waals surface area contributed by atoms with Gasteiger partial charge >= 0.3 is 5.97 Å². The smallest absolute Gasteiger partial charge is 0.336 e. The van der Waals surface area contributed by atoms with Gasteiger partial charge in [0.05, 0.1) is 18.8 Å². The van der Waals surface area contributed by atoms with Crippen LogP contribution in [0.4, 0.5) is 0 Å². The number of allylic oxidation sites excluding steroid dienone is 3. The SMILES string of the molecule is COc1cc([C@H]2C(C(=O)OC[C@H]3CCCO3)=C(C)NC3=C2C(=O)CCC3)ccc1OCc1ccccc1. The molecule has 2 heterocycles. The number of esters is 1. The molecule has 7 nitrogen and oxygen atoms in total. The molecule has 1 N–H and O–H groups in total. The first-order valence-electron chi connectivity index (χ1n) is 12.9. The molecule has 2 atom stereocenters. The average Bonchev–Trinajstić information content (AvgIpc) is 3.44. The number of rotatable bonds is 8. The average molecular weight is 504 g/mol. The Morgan fingerprint density at radius 1 is 1.08 bits per heavy atom. The summed E-state index contributed by atoms with van der Waals surface area (Å²) in [6, 6.07) is 15.5. The molecule has 1 aliphatic carbocycles. The van der Waals surface area contributed by atoms with E-state index in [9.17, 15) is 9.59 Å². The Balaban J connectivity index is 1.46. The zero-order valence-electron chi connectivity index (χ0n) is 21.4. The third-order valence-corrected chi connectivity index (χ3v) is 7.18. The number of ketones is 1. The Bertz CT molecular complexity index is 1230. The van der Waals surface area contributed by atoms with Crippen molar-refractivity contribution in [3.63, 3.8) is 0 Å². The number of benzene rings is 2. The van der Waals surface area contributed by atoms with Gasteiger partial charge in [0, 0.05) is 35.9 Å². The summed E-state index contributed by atoms with van der Waals surface area (Å²) in [6.45, 7) is 3.17. The van der Waals surface area contributed by atoms with E-state index in [1.807, 2.05) is 55.5 Å². The summed E-state index contributed by atoms with van der Waals surface area (Å²) in [7, 11) is 1.59. The molecule has 0 unspecified atom stereocenters. The fraction of sp³-hybridized carbons (Fsp3) is 0.400. The van der Waals surface area contributed by atoms with Gasteiger partial charge in [-0.2, -0.15) is 0 Å². The third kappa shape index (κ3) is 5.42. The molecule has 0 saturated carbocycles. The molecule has 0 aromatic heterocycles. The Kier molecular flexibility index (Phi) is 7.60. The highest BCUT2D eigenvalue weighted by Crippen LogP contribution is 2.44. The van der Waals surface area contributed by atoms with Crippen molar-refractivity contribution in [1.29, 1.82) is 0 Å². The molecule has 0 amide bonds. The Hall–Kier alpha value is -3.58. The number of carbonyl (C=O) groups excluding carboxylic acids is 2. The minimum atomic E-state index is -0.543. The number of ether oxygens (including phenoxy) is 4. The maximum atomic E-state index is 13.4. The van der Waals surface area contributed by atoms with Crippen molar-refractivity contribution in [1.82, 2.24) is 5.32 Å². The maximum absolute atomic E-state index is 13.4.